The summed E-state index contributed by atoms with van der Waals surface area (Å²) in [6.07, 6.45) is -1.65. The number of nitrogens with zero attached hydrogens (tertiary/aromatic N) is 7. The largest absolute Gasteiger partial charge is 0.508 e. The number of amides is 6. The van der Waals surface area contributed by atoms with Crippen molar-refractivity contribution in [2.24, 2.45) is 11.7 Å². The van der Waals surface area contributed by atoms with Gasteiger partial charge in [-0.05, 0) is 54.7 Å². The Morgan fingerprint density at radius 1 is 0.663 bits per heavy atom. The third-order valence-corrected chi connectivity index (χ3v) is 18.9. The number of aryl methyl sites for hydroxylation is 1. The molecule has 6 atom stereocenters. The summed E-state index contributed by atoms with van der Waals surface area (Å²) in [5.41, 5.74) is 7.52. The number of thiazole rings is 6. The summed E-state index contributed by atoms with van der Waals surface area (Å²) < 4.78 is 0. The van der Waals surface area contributed by atoms with Gasteiger partial charge in [-0.1, -0.05) is 56.0 Å². The van der Waals surface area contributed by atoms with E-state index in [9.17, 15) is 54.0 Å². The molecule has 9 aromatic rings. The zero-order valence-electron chi connectivity index (χ0n) is 45.0. The SMILES string of the molecule is C=C(NC(=O)c1csc(-c2ccc3c(n2)-c2csc(n2)-c2csc(n2)C(C(C)CCO)NC(=O)C(Cc2ccc(O)cc2)NC(=O)c2csc(n2)C(C(O)c2ccccc2)NC(=O)c2nc(sc2C)C(CC(N)=O)NC(=O)c2csc-3n2)n1)C(=O)O. The third kappa shape index (κ3) is 13.6. The quantitative estimate of drug-likeness (QED) is 0.0524. The Morgan fingerprint density at radius 2 is 1.29 bits per heavy atom. The minimum Gasteiger partial charge on any atom is -0.508 e. The van der Waals surface area contributed by atoms with Gasteiger partial charge in [0, 0.05) is 50.4 Å². The number of phenols is 1. The number of aromatic nitrogens is 7. The molecule has 0 saturated carbocycles. The van der Waals surface area contributed by atoms with Crippen molar-refractivity contribution in [3.63, 3.8) is 0 Å². The van der Waals surface area contributed by atoms with Crippen molar-refractivity contribution in [3.05, 3.63) is 160 Å². The molecule has 86 heavy (non-hydrogen) atoms. The van der Waals surface area contributed by atoms with Crippen LogP contribution in [-0.2, 0) is 20.8 Å². The number of aliphatic carboxylic acids is 1. The van der Waals surface area contributed by atoms with Gasteiger partial charge in [0.15, 0.2) is 0 Å². The first-order valence-electron chi connectivity index (χ1n) is 25.9. The minimum atomic E-state index is -1.42. The Bertz CT molecular complexity index is 4060. The standard InChI is InChI=1S/C56H49N13O11S6/c1-24(15-16-70)40-54-66-38(23-85-54)52-62-34(19-82-52)42-30(13-14-31(59-42)51-64-35(21-83-51)46(75)58-25(2)56(79)80)50-63-36(20-81-50)48(77)61-33(18-39(57)72)53-69-41(26(3)86-53)49(78)68-43(44(73)28-7-5-4-6-8-28)55-65-37(22-84-55)47(76)60-32(45(74)67-40)17-27-9-11-29(71)12-10-27/h4-14,19-24,32-33,40,43-44,70-71,73H,2,15-18H2,1,3H3,(H2,57,72)(H,58,75)(H,60,76)(H,61,77)(H,67,74)(H,68,78)(H,79,80). The molecule has 0 saturated heterocycles. The van der Waals surface area contributed by atoms with Crippen LogP contribution >= 0.6 is 68.0 Å². The molecule has 30 heteroatoms. The molecule has 8 heterocycles. The molecule has 440 valence electrons. The summed E-state index contributed by atoms with van der Waals surface area (Å²) in [4.78, 5) is 128. The number of primary amides is 1. The topological polar surface area (TPSA) is 377 Å². The summed E-state index contributed by atoms with van der Waals surface area (Å²) in [7, 11) is 0. The zero-order chi connectivity index (χ0) is 60.9. The molecular weight excluding hydrogens is 1220 g/mol. The lowest BCUT2D eigenvalue weighted by Gasteiger charge is -2.26. The Labute approximate surface area is 512 Å². The first-order chi connectivity index (χ1) is 41.3. The second kappa shape index (κ2) is 26.2. The lowest BCUT2D eigenvalue weighted by molar-refractivity contribution is -0.133. The maximum absolute atomic E-state index is 14.8. The number of carbonyl (C=O) groups is 7. The molecule has 0 aliphatic carbocycles. The highest BCUT2D eigenvalue weighted by Crippen LogP contribution is 2.40. The normalized spacial score (nSPS) is 17.3. The fraction of sp³-hybridized carbons (Fsp3) is 0.214. The van der Waals surface area contributed by atoms with Crippen LogP contribution in [0.25, 0.3) is 43.4 Å². The molecule has 6 unspecified atom stereocenters. The molecule has 0 fully saturated rings. The van der Waals surface area contributed by atoms with Crippen LogP contribution in [0.5, 0.6) is 5.75 Å². The first kappa shape index (κ1) is 60.2. The second-order valence-corrected chi connectivity index (χ2v) is 25.0. The second-order valence-electron chi connectivity index (χ2n) is 19.4. The number of fused-ring (bicyclic) bond motifs is 14. The Kier molecular flexibility index (Phi) is 18.3. The highest BCUT2D eigenvalue weighted by Gasteiger charge is 2.34. The van der Waals surface area contributed by atoms with Gasteiger partial charge < -0.3 is 52.7 Å². The maximum Gasteiger partial charge on any atom is 0.351 e. The number of benzene rings is 2. The van der Waals surface area contributed by atoms with Gasteiger partial charge in [0.25, 0.3) is 23.6 Å². The van der Waals surface area contributed by atoms with Crippen molar-refractivity contribution >= 4 is 109 Å². The van der Waals surface area contributed by atoms with E-state index in [1.165, 1.54) is 50.9 Å². The number of carbonyl (C=O) groups excluding carboxylic acids is 6. The van der Waals surface area contributed by atoms with Crippen LogP contribution in [-0.4, -0.2) is 109 Å². The number of carboxylic acid groups (broad SMARTS) is 1. The first-order valence-corrected chi connectivity index (χ1v) is 31.2. The lowest BCUT2D eigenvalue weighted by Crippen LogP contribution is -2.49. The number of aliphatic hydroxyl groups excluding tert-OH is 2. The fourth-order valence-electron chi connectivity index (χ4n) is 8.88. The maximum atomic E-state index is 14.8. The number of nitrogens with one attached hydrogen (secondary N) is 5. The number of carboxylic acids is 1. The summed E-state index contributed by atoms with van der Waals surface area (Å²) in [5.74, 6) is -6.31. The van der Waals surface area contributed by atoms with Gasteiger partial charge in [-0.3, -0.25) is 28.8 Å². The van der Waals surface area contributed by atoms with Crippen LogP contribution in [0.4, 0.5) is 0 Å². The van der Waals surface area contributed by atoms with E-state index in [4.69, 9.17) is 25.7 Å². The molecular formula is C56H49N13O11S6. The lowest BCUT2D eigenvalue weighted by atomic mass is 9.97. The number of hydrogen-bond acceptors (Lipinski definition) is 23. The van der Waals surface area contributed by atoms with Gasteiger partial charge in [0.1, 0.15) is 99.5 Å². The van der Waals surface area contributed by atoms with Crippen LogP contribution in [0.2, 0.25) is 0 Å². The summed E-state index contributed by atoms with van der Waals surface area (Å²) >= 11 is 6.63. The van der Waals surface area contributed by atoms with E-state index in [-0.39, 0.29) is 68.7 Å². The van der Waals surface area contributed by atoms with Crippen molar-refractivity contribution in [3.8, 4) is 49.1 Å². The Morgan fingerprint density at radius 3 is 2.01 bits per heavy atom. The van der Waals surface area contributed by atoms with Crippen molar-refractivity contribution in [2.75, 3.05) is 6.61 Å². The minimum absolute atomic E-state index is 0.0156. The smallest absolute Gasteiger partial charge is 0.351 e. The molecule has 0 radical (unpaired) electrons. The molecule has 1 aliphatic heterocycles. The predicted molar refractivity (Wildman–Crippen MR) is 322 cm³/mol. The number of aliphatic hydroxyl groups is 2. The number of nitrogens with two attached hydrogens (primary N) is 1. The molecule has 10 bridgehead atoms. The van der Waals surface area contributed by atoms with Gasteiger partial charge in [0.2, 0.25) is 11.8 Å². The molecule has 24 nitrogen and oxygen atoms in total. The molecule has 11 N–H and O–H groups in total. The van der Waals surface area contributed by atoms with E-state index in [2.05, 4.69) is 48.1 Å². The van der Waals surface area contributed by atoms with E-state index >= 15 is 0 Å². The number of rotatable bonds is 13. The number of hydrogen-bond donors (Lipinski definition) is 10. The van der Waals surface area contributed by atoms with Gasteiger partial charge in [-0.2, -0.15) is 0 Å². The van der Waals surface area contributed by atoms with Crippen molar-refractivity contribution < 1.29 is 54.0 Å². The average molecular weight is 1270 g/mol. The van der Waals surface area contributed by atoms with Crippen molar-refractivity contribution in [2.45, 2.75) is 63.4 Å². The van der Waals surface area contributed by atoms with E-state index in [0.29, 0.717) is 53.7 Å². The van der Waals surface area contributed by atoms with Crippen LogP contribution in [0, 0.1) is 12.8 Å². The molecule has 0 spiro atoms. The van der Waals surface area contributed by atoms with Crippen molar-refractivity contribution in [1.29, 1.82) is 0 Å². The van der Waals surface area contributed by atoms with Crippen LogP contribution in [0.1, 0.15) is 117 Å². The average Bonchev–Trinajstić information content (AvgIpc) is 2.79. The molecule has 7 aromatic heterocycles. The van der Waals surface area contributed by atoms with Crippen LogP contribution in [0.15, 0.2) is 106 Å². The number of pyridine rings is 1. The predicted octanol–water partition coefficient (Wildman–Crippen LogP) is 6.91. The molecule has 2 aromatic carbocycles. The monoisotopic (exact) mass is 1270 g/mol. The van der Waals surface area contributed by atoms with Gasteiger partial charge in [-0.15, -0.1) is 68.0 Å². The molecule has 6 amide bonds. The molecule has 1 aliphatic rings. The van der Waals surface area contributed by atoms with Crippen molar-refractivity contribution in [1.82, 2.24) is 61.5 Å². The Hall–Kier alpha value is -8.88. The van der Waals surface area contributed by atoms with Gasteiger partial charge in [0.05, 0.1) is 24.2 Å². The van der Waals surface area contributed by atoms with Crippen LogP contribution in [0.3, 0.4) is 0 Å². The highest BCUT2D eigenvalue weighted by molar-refractivity contribution is 7.15. The van der Waals surface area contributed by atoms with E-state index in [1.54, 1.807) is 72.3 Å². The zero-order valence-corrected chi connectivity index (χ0v) is 49.9. The summed E-state index contributed by atoms with van der Waals surface area (Å²) in [5, 5.41) is 64.9. The number of aromatic hydroxyl groups is 1. The highest BCUT2D eigenvalue weighted by atomic mass is 32.1. The fourth-order valence-corrected chi connectivity index (χ4v) is 14.1. The summed E-state index contributed by atoms with van der Waals surface area (Å²) in [6.45, 7) is 6.58. The van der Waals surface area contributed by atoms with E-state index < -0.39 is 89.7 Å². The van der Waals surface area contributed by atoms with E-state index in [0.717, 1.165) is 45.3 Å². The third-order valence-electron chi connectivity index (χ3n) is 13.3. The Balaban J connectivity index is 1.07. The van der Waals surface area contributed by atoms with E-state index in [1.807, 2.05) is 6.92 Å². The van der Waals surface area contributed by atoms with Gasteiger partial charge in [-0.25, -0.2) is 39.7 Å². The molecule has 10 rings (SSSR count). The number of phenolic OH excluding ortho intramolecular Hbond substituents is 1. The summed E-state index contributed by atoms with van der Waals surface area (Å²) in [6, 6.07) is 13.4. The van der Waals surface area contributed by atoms with Gasteiger partial charge >= 0.3 is 5.97 Å². The van der Waals surface area contributed by atoms with Crippen LogP contribution < -0.4 is 32.3 Å².